The molecule has 24 heavy (non-hydrogen) atoms. The van der Waals surface area contributed by atoms with Gasteiger partial charge in [-0.05, 0) is 29.5 Å². The molecule has 1 rings (SSSR count). The summed E-state index contributed by atoms with van der Waals surface area (Å²) in [5.41, 5.74) is 1.65. The van der Waals surface area contributed by atoms with E-state index in [4.69, 9.17) is 5.11 Å². The van der Waals surface area contributed by atoms with Gasteiger partial charge in [0, 0.05) is 25.6 Å². The normalized spacial score (nSPS) is 11.0. The summed E-state index contributed by atoms with van der Waals surface area (Å²) in [6, 6.07) is 7.32. The minimum Gasteiger partial charge on any atom is -0.481 e. The van der Waals surface area contributed by atoms with Crippen LogP contribution in [0.3, 0.4) is 0 Å². The molecule has 132 valence electrons. The summed E-state index contributed by atoms with van der Waals surface area (Å²) in [6.07, 6.45) is 0.407. The number of hydrogen-bond donors (Lipinski definition) is 2. The molecule has 0 aromatic heterocycles. The minimum absolute atomic E-state index is 0.0175. The molecule has 0 atom stereocenters. The molecule has 0 aliphatic rings. The van der Waals surface area contributed by atoms with Gasteiger partial charge in [-0.15, -0.1) is 0 Å². The van der Waals surface area contributed by atoms with Gasteiger partial charge in [0.15, 0.2) is 0 Å². The zero-order valence-electron chi connectivity index (χ0n) is 14.8. The molecule has 0 unspecified atom stereocenters. The second kappa shape index (κ2) is 8.47. The van der Waals surface area contributed by atoms with Crippen LogP contribution < -0.4 is 5.32 Å². The lowest BCUT2D eigenvalue weighted by atomic mass is 9.87. The molecule has 2 amide bonds. The molecule has 1 aromatic rings. The topological polar surface area (TPSA) is 86.7 Å². The first-order valence-electron chi connectivity index (χ1n) is 7.96. The lowest BCUT2D eigenvalue weighted by Gasteiger charge is -2.19. The predicted octanol–water partition coefficient (Wildman–Crippen LogP) is 2.04. The smallest absolute Gasteiger partial charge is 0.303 e. The van der Waals surface area contributed by atoms with E-state index in [1.54, 1.807) is 19.2 Å². The molecule has 6 heteroatoms. The minimum atomic E-state index is -0.886. The third kappa shape index (κ3) is 6.40. The Morgan fingerprint density at radius 3 is 2.21 bits per heavy atom. The fraction of sp³-hybridized carbons (Fsp3) is 0.500. The van der Waals surface area contributed by atoms with Crippen LogP contribution in [-0.2, 0) is 15.0 Å². The summed E-state index contributed by atoms with van der Waals surface area (Å²) < 4.78 is 0. The maximum Gasteiger partial charge on any atom is 0.303 e. The van der Waals surface area contributed by atoms with Crippen molar-refractivity contribution in [2.24, 2.45) is 0 Å². The van der Waals surface area contributed by atoms with Gasteiger partial charge in [0.05, 0.1) is 6.54 Å². The zero-order chi connectivity index (χ0) is 18.3. The largest absolute Gasteiger partial charge is 0.481 e. The van der Waals surface area contributed by atoms with Crippen LogP contribution in [0.1, 0.15) is 49.5 Å². The van der Waals surface area contributed by atoms with E-state index in [0.29, 0.717) is 18.5 Å². The van der Waals surface area contributed by atoms with Gasteiger partial charge < -0.3 is 15.3 Å². The number of hydrogen-bond acceptors (Lipinski definition) is 3. The number of likely N-dealkylation sites (N-methyl/N-ethyl adjacent to an activating group) is 1. The number of benzene rings is 1. The van der Waals surface area contributed by atoms with Crippen LogP contribution in [0.5, 0.6) is 0 Å². The molecule has 0 saturated carbocycles. The summed E-state index contributed by atoms with van der Waals surface area (Å²) >= 11 is 0. The van der Waals surface area contributed by atoms with E-state index >= 15 is 0 Å². The molecule has 0 aliphatic carbocycles. The molecule has 0 aliphatic heterocycles. The van der Waals surface area contributed by atoms with Gasteiger partial charge in [-0.2, -0.15) is 0 Å². The number of carbonyl (C=O) groups excluding carboxylic acids is 2. The molecular formula is C18H26N2O4. The third-order valence-corrected chi connectivity index (χ3v) is 3.72. The van der Waals surface area contributed by atoms with Crippen molar-refractivity contribution >= 4 is 17.8 Å². The highest BCUT2D eigenvalue weighted by Crippen LogP contribution is 2.22. The van der Waals surface area contributed by atoms with Gasteiger partial charge in [-0.25, -0.2) is 0 Å². The van der Waals surface area contributed by atoms with Gasteiger partial charge in [0.2, 0.25) is 5.91 Å². The van der Waals surface area contributed by atoms with Crippen molar-refractivity contribution in [3.8, 4) is 0 Å². The Kier molecular flexibility index (Phi) is 6.95. The van der Waals surface area contributed by atoms with E-state index in [1.807, 2.05) is 12.1 Å². The van der Waals surface area contributed by atoms with Crippen molar-refractivity contribution < 1.29 is 19.5 Å². The quantitative estimate of drug-likeness (QED) is 0.799. The van der Waals surface area contributed by atoms with Crippen molar-refractivity contribution in [2.75, 3.05) is 20.1 Å². The van der Waals surface area contributed by atoms with Gasteiger partial charge in [0.25, 0.3) is 5.91 Å². The maximum atomic E-state index is 12.1. The number of carboxylic acids is 1. The van der Waals surface area contributed by atoms with Crippen LogP contribution in [-0.4, -0.2) is 47.9 Å². The summed E-state index contributed by atoms with van der Waals surface area (Å²) in [5.74, 6) is -1.44. The van der Waals surface area contributed by atoms with Gasteiger partial charge in [0.1, 0.15) is 0 Å². The first-order valence-corrected chi connectivity index (χ1v) is 7.96. The molecule has 0 bridgehead atoms. The van der Waals surface area contributed by atoms with E-state index in [9.17, 15) is 14.4 Å². The fourth-order valence-corrected chi connectivity index (χ4v) is 2.11. The summed E-state index contributed by atoms with van der Waals surface area (Å²) in [4.78, 5) is 35.9. The number of nitrogens with zero attached hydrogens (tertiary/aromatic N) is 1. The SMILES string of the molecule is CN(CCCC(=O)O)C(=O)CNC(=O)c1ccc(C(C)(C)C)cc1. The van der Waals surface area contributed by atoms with Crippen molar-refractivity contribution in [3.63, 3.8) is 0 Å². The highest BCUT2D eigenvalue weighted by Gasteiger charge is 2.15. The number of nitrogens with one attached hydrogen (secondary N) is 1. The molecule has 0 saturated heterocycles. The molecule has 0 radical (unpaired) electrons. The van der Waals surface area contributed by atoms with E-state index in [0.717, 1.165) is 5.56 Å². The Morgan fingerprint density at radius 1 is 1.12 bits per heavy atom. The molecule has 2 N–H and O–H groups in total. The van der Waals surface area contributed by atoms with Crippen LogP contribution in [0.4, 0.5) is 0 Å². The molecule has 1 aromatic carbocycles. The predicted molar refractivity (Wildman–Crippen MR) is 92.0 cm³/mol. The lowest BCUT2D eigenvalue weighted by molar-refractivity contribution is -0.137. The molecule has 0 heterocycles. The summed E-state index contributed by atoms with van der Waals surface area (Å²) in [5, 5.41) is 11.2. The van der Waals surface area contributed by atoms with Crippen LogP contribution in [0, 0.1) is 0 Å². The van der Waals surface area contributed by atoms with Crippen LogP contribution in [0.15, 0.2) is 24.3 Å². The average Bonchev–Trinajstić information content (AvgIpc) is 2.51. The van der Waals surface area contributed by atoms with Crippen molar-refractivity contribution in [1.82, 2.24) is 10.2 Å². The summed E-state index contributed by atoms with van der Waals surface area (Å²) in [6.45, 7) is 6.54. The summed E-state index contributed by atoms with van der Waals surface area (Å²) in [7, 11) is 1.59. The third-order valence-electron chi connectivity index (χ3n) is 3.72. The van der Waals surface area contributed by atoms with Gasteiger partial charge in [-0.3, -0.25) is 14.4 Å². The van der Waals surface area contributed by atoms with Crippen LogP contribution in [0.2, 0.25) is 0 Å². The fourth-order valence-electron chi connectivity index (χ4n) is 2.11. The number of rotatable bonds is 7. The van der Waals surface area contributed by atoms with Gasteiger partial charge >= 0.3 is 5.97 Å². The standard InChI is InChI=1S/C18H26N2O4/c1-18(2,3)14-9-7-13(8-10-14)17(24)19-12-15(21)20(4)11-5-6-16(22)23/h7-10H,5-6,11-12H2,1-4H3,(H,19,24)(H,22,23). The van der Waals surface area contributed by atoms with E-state index < -0.39 is 5.97 Å². The van der Waals surface area contributed by atoms with E-state index in [-0.39, 0.29) is 30.2 Å². The Hall–Kier alpha value is -2.37. The molecule has 0 fully saturated rings. The first kappa shape index (κ1) is 19.7. The lowest BCUT2D eigenvalue weighted by Crippen LogP contribution is -2.38. The molecule has 6 nitrogen and oxygen atoms in total. The number of aliphatic carboxylic acids is 1. The average molecular weight is 334 g/mol. The van der Waals surface area contributed by atoms with Crippen molar-refractivity contribution in [1.29, 1.82) is 0 Å². The van der Waals surface area contributed by atoms with Gasteiger partial charge in [-0.1, -0.05) is 32.9 Å². The Balaban J connectivity index is 2.47. The maximum absolute atomic E-state index is 12.1. The second-order valence-electron chi connectivity index (χ2n) is 6.82. The second-order valence-corrected chi connectivity index (χ2v) is 6.82. The molecule has 0 spiro atoms. The van der Waals surface area contributed by atoms with E-state index in [2.05, 4.69) is 26.1 Å². The number of carboxylic acid groups (broad SMARTS) is 1. The zero-order valence-corrected chi connectivity index (χ0v) is 14.8. The first-order chi connectivity index (χ1) is 11.1. The monoisotopic (exact) mass is 334 g/mol. The Morgan fingerprint density at radius 2 is 1.71 bits per heavy atom. The van der Waals surface area contributed by atoms with Crippen LogP contribution in [0.25, 0.3) is 0 Å². The van der Waals surface area contributed by atoms with Crippen molar-refractivity contribution in [3.05, 3.63) is 35.4 Å². The Labute approximate surface area is 142 Å². The van der Waals surface area contributed by atoms with Crippen LogP contribution >= 0.6 is 0 Å². The highest BCUT2D eigenvalue weighted by atomic mass is 16.4. The molecular weight excluding hydrogens is 308 g/mol. The van der Waals surface area contributed by atoms with Crippen molar-refractivity contribution in [2.45, 2.75) is 39.0 Å². The Bertz CT molecular complexity index is 588. The van der Waals surface area contributed by atoms with E-state index in [1.165, 1.54) is 4.90 Å². The number of carbonyl (C=O) groups is 3. The number of amides is 2. The highest BCUT2D eigenvalue weighted by molar-refractivity contribution is 5.96.